The summed E-state index contributed by atoms with van der Waals surface area (Å²) >= 11 is 6.03. The summed E-state index contributed by atoms with van der Waals surface area (Å²) in [6, 6.07) is 3.42. The van der Waals surface area contributed by atoms with Crippen LogP contribution in [0.3, 0.4) is 0 Å². The van der Waals surface area contributed by atoms with E-state index in [0.29, 0.717) is 17.4 Å². The largest absolute Gasteiger partial charge is 0.373 e. The quantitative estimate of drug-likeness (QED) is 0.918. The molecule has 5 heteroatoms. The zero-order chi connectivity index (χ0) is 13.9. The van der Waals surface area contributed by atoms with E-state index in [9.17, 15) is 4.79 Å². The zero-order valence-electron chi connectivity index (χ0n) is 11.5. The van der Waals surface area contributed by atoms with Gasteiger partial charge in [0.05, 0.1) is 5.02 Å². The topological polar surface area (TPSA) is 45.2 Å². The van der Waals surface area contributed by atoms with Crippen LogP contribution in [0.1, 0.15) is 31.3 Å². The third-order valence-electron chi connectivity index (χ3n) is 2.36. The van der Waals surface area contributed by atoms with Crippen LogP contribution in [0, 0.1) is 5.41 Å². The van der Waals surface area contributed by atoms with Crippen LogP contribution in [0.5, 0.6) is 0 Å². The van der Waals surface area contributed by atoms with E-state index in [0.717, 1.165) is 0 Å². The lowest BCUT2D eigenvalue weighted by Gasteiger charge is -2.26. The van der Waals surface area contributed by atoms with Crippen LogP contribution in [0.15, 0.2) is 12.1 Å². The van der Waals surface area contributed by atoms with Gasteiger partial charge in [0.2, 0.25) is 0 Å². The fraction of sp³-hybridized carbons (Fsp3) is 0.538. The van der Waals surface area contributed by atoms with Gasteiger partial charge in [-0.15, -0.1) is 0 Å². The molecule has 1 heterocycles. The number of hydrogen-bond donors (Lipinski definition) is 1. The van der Waals surface area contributed by atoms with Crippen LogP contribution < -0.4 is 5.32 Å². The van der Waals surface area contributed by atoms with Crippen LogP contribution in [0.4, 0.5) is 5.82 Å². The number of carbonyl (C=O) groups is 1. The first-order valence-electron chi connectivity index (χ1n) is 5.84. The first kappa shape index (κ1) is 14.8. The summed E-state index contributed by atoms with van der Waals surface area (Å²) in [5, 5.41) is 3.27. The highest BCUT2D eigenvalue weighted by Crippen LogP contribution is 2.20. The molecule has 1 rings (SSSR count). The van der Waals surface area contributed by atoms with Crippen molar-refractivity contribution in [2.45, 2.75) is 20.8 Å². The van der Waals surface area contributed by atoms with Gasteiger partial charge in [-0.25, -0.2) is 4.98 Å². The SMILES string of the molecule is CNc1ccc(Cl)c(C(=O)N(C)CC(C)(C)C)n1. The highest BCUT2D eigenvalue weighted by atomic mass is 35.5. The van der Waals surface area contributed by atoms with Crippen LogP contribution in [-0.2, 0) is 0 Å². The molecule has 0 unspecified atom stereocenters. The van der Waals surface area contributed by atoms with Gasteiger partial charge in [-0.3, -0.25) is 4.79 Å². The van der Waals surface area contributed by atoms with Gasteiger partial charge in [-0.05, 0) is 17.5 Å². The number of anilines is 1. The lowest BCUT2D eigenvalue weighted by molar-refractivity contribution is 0.0740. The highest BCUT2D eigenvalue weighted by molar-refractivity contribution is 6.33. The minimum absolute atomic E-state index is 0.0392. The van der Waals surface area contributed by atoms with Crippen LogP contribution >= 0.6 is 11.6 Å². The summed E-state index contributed by atoms with van der Waals surface area (Å²) in [6.45, 7) is 6.88. The number of nitrogens with one attached hydrogen (secondary N) is 1. The number of aromatic nitrogens is 1. The first-order chi connectivity index (χ1) is 8.24. The summed E-state index contributed by atoms with van der Waals surface area (Å²) in [6.07, 6.45) is 0. The molecular weight excluding hydrogens is 250 g/mol. The van der Waals surface area contributed by atoms with Crippen LogP contribution in [0.25, 0.3) is 0 Å². The fourth-order valence-corrected chi connectivity index (χ4v) is 1.88. The van der Waals surface area contributed by atoms with E-state index in [2.05, 4.69) is 31.1 Å². The summed E-state index contributed by atoms with van der Waals surface area (Å²) in [4.78, 5) is 18.1. The van der Waals surface area contributed by atoms with Crippen molar-refractivity contribution in [2.24, 2.45) is 5.41 Å². The third kappa shape index (κ3) is 3.88. The number of hydrogen-bond acceptors (Lipinski definition) is 3. The van der Waals surface area contributed by atoms with Crippen molar-refractivity contribution >= 4 is 23.3 Å². The second-order valence-corrected chi connectivity index (χ2v) is 5.91. The number of carbonyl (C=O) groups excluding carboxylic acids is 1. The monoisotopic (exact) mass is 269 g/mol. The van der Waals surface area contributed by atoms with Crippen molar-refractivity contribution in [2.75, 3.05) is 26.0 Å². The zero-order valence-corrected chi connectivity index (χ0v) is 12.3. The van der Waals surface area contributed by atoms with Gasteiger partial charge in [-0.2, -0.15) is 0 Å². The molecule has 0 atom stereocenters. The number of amides is 1. The molecule has 1 N–H and O–H groups in total. The van der Waals surface area contributed by atoms with Gasteiger partial charge in [0, 0.05) is 20.6 Å². The minimum Gasteiger partial charge on any atom is -0.373 e. The predicted molar refractivity (Wildman–Crippen MR) is 75.2 cm³/mol. The van der Waals surface area contributed by atoms with Crippen LogP contribution in [0.2, 0.25) is 5.02 Å². The van der Waals surface area contributed by atoms with Crippen molar-refractivity contribution in [1.82, 2.24) is 9.88 Å². The second-order valence-electron chi connectivity index (χ2n) is 5.50. The maximum atomic E-state index is 12.3. The van der Waals surface area contributed by atoms with E-state index >= 15 is 0 Å². The smallest absolute Gasteiger partial charge is 0.273 e. The van der Waals surface area contributed by atoms with E-state index in [1.54, 1.807) is 31.1 Å². The molecular formula is C13H20ClN3O. The standard InChI is InChI=1S/C13H20ClN3O/c1-13(2,3)8-17(5)12(18)11-9(14)6-7-10(15-4)16-11/h6-7H,8H2,1-5H3,(H,15,16). The summed E-state index contributed by atoms with van der Waals surface area (Å²) in [5.74, 6) is 0.471. The van der Waals surface area contributed by atoms with E-state index in [4.69, 9.17) is 11.6 Å². The summed E-state index contributed by atoms with van der Waals surface area (Å²) in [7, 11) is 3.51. The van der Waals surface area contributed by atoms with E-state index in [-0.39, 0.29) is 17.0 Å². The van der Waals surface area contributed by atoms with Crippen molar-refractivity contribution in [3.05, 3.63) is 22.8 Å². The number of pyridine rings is 1. The molecule has 0 aliphatic carbocycles. The molecule has 0 fully saturated rings. The molecule has 1 amide bonds. The van der Waals surface area contributed by atoms with Gasteiger partial charge in [-0.1, -0.05) is 32.4 Å². The summed E-state index contributed by atoms with van der Waals surface area (Å²) in [5.41, 5.74) is 0.326. The molecule has 1 aromatic heterocycles. The predicted octanol–water partition coefficient (Wildman–Crippen LogP) is 2.89. The van der Waals surface area contributed by atoms with Gasteiger partial charge in [0.25, 0.3) is 5.91 Å². The van der Waals surface area contributed by atoms with Gasteiger partial charge in [0.15, 0.2) is 0 Å². The third-order valence-corrected chi connectivity index (χ3v) is 2.67. The fourth-order valence-electron chi connectivity index (χ4n) is 1.70. The lowest BCUT2D eigenvalue weighted by Crippen LogP contribution is -2.35. The normalized spacial score (nSPS) is 11.2. The Morgan fingerprint density at radius 2 is 2.06 bits per heavy atom. The van der Waals surface area contributed by atoms with Crippen molar-refractivity contribution in [3.8, 4) is 0 Å². The molecule has 0 aromatic carbocycles. The van der Waals surface area contributed by atoms with Crippen LogP contribution in [-0.4, -0.2) is 36.4 Å². The molecule has 0 radical (unpaired) electrons. The Hall–Kier alpha value is -1.29. The average molecular weight is 270 g/mol. The Balaban J connectivity index is 2.96. The molecule has 100 valence electrons. The molecule has 0 aliphatic heterocycles. The van der Waals surface area contributed by atoms with Gasteiger partial charge < -0.3 is 10.2 Å². The number of nitrogens with zero attached hydrogens (tertiary/aromatic N) is 2. The Morgan fingerprint density at radius 3 is 2.56 bits per heavy atom. The first-order valence-corrected chi connectivity index (χ1v) is 6.22. The molecule has 1 aromatic rings. The Kier molecular flexibility index (Phi) is 4.57. The highest BCUT2D eigenvalue weighted by Gasteiger charge is 2.21. The van der Waals surface area contributed by atoms with Gasteiger partial charge >= 0.3 is 0 Å². The maximum absolute atomic E-state index is 12.3. The van der Waals surface area contributed by atoms with E-state index < -0.39 is 0 Å². The van der Waals surface area contributed by atoms with Crippen molar-refractivity contribution in [1.29, 1.82) is 0 Å². The average Bonchev–Trinajstić information content (AvgIpc) is 2.26. The Labute approximate surface area is 113 Å². The molecule has 4 nitrogen and oxygen atoms in total. The van der Waals surface area contributed by atoms with E-state index in [1.165, 1.54) is 0 Å². The van der Waals surface area contributed by atoms with Crippen molar-refractivity contribution < 1.29 is 4.79 Å². The molecule has 0 spiro atoms. The maximum Gasteiger partial charge on any atom is 0.273 e. The lowest BCUT2D eigenvalue weighted by atomic mass is 9.96. The number of rotatable bonds is 3. The Bertz CT molecular complexity index is 440. The van der Waals surface area contributed by atoms with Crippen molar-refractivity contribution in [3.63, 3.8) is 0 Å². The molecule has 18 heavy (non-hydrogen) atoms. The van der Waals surface area contributed by atoms with Gasteiger partial charge in [0.1, 0.15) is 11.5 Å². The molecule has 0 saturated carbocycles. The minimum atomic E-state index is -0.160. The second kappa shape index (κ2) is 5.57. The number of halogens is 1. The summed E-state index contributed by atoms with van der Waals surface area (Å²) < 4.78 is 0. The Morgan fingerprint density at radius 1 is 1.44 bits per heavy atom. The molecule has 0 bridgehead atoms. The van der Waals surface area contributed by atoms with E-state index in [1.807, 2.05) is 0 Å². The molecule has 0 aliphatic rings. The molecule has 0 saturated heterocycles.